The molecule has 1 aromatic heterocycles. The molecule has 0 spiro atoms. The van der Waals surface area contributed by atoms with Crippen LogP contribution in [-0.2, 0) is 16.6 Å². The molecule has 2 N–H and O–H groups in total. The van der Waals surface area contributed by atoms with E-state index in [0.29, 0.717) is 11.4 Å². The van der Waals surface area contributed by atoms with Gasteiger partial charge < -0.3 is 5.73 Å². The van der Waals surface area contributed by atoms with E-state index in [1.807, 2.05) is 0 Å². The Morgan fingerprint density at radius 2 is 2.06 bits per heavy atom. The third-order valence-electron chi connectivity index (χ3n) is 3.60. The summed E-state index contributed by atoms with van der Waals surface area (Å²) in [6.45, 7) is 0.396. The lowest BCUT2D eigenvalue weighted by Crippen LogP contribution is -2.38. The van der Waals surface area contributed by atoms with Crippen molar-refractivity contribution in [2.24, 2.45) is 5.73 Å². The lowest BCUT2D eigenvalue weighted by molar-refractivity contribution is 0.286. The molecule has 0 aliphatic heterocycles. The van der Waals surface area contributed by atoms with Gasteiger partial charge in [0.15, 0.2) is 0 Å². The van der Waals surface area contributed by atoms with E-state index >= 15 is 0 Å². The topological polar surface area (TPSA) is 63.4 Å². The van der Waals surface area contributed by atoms with Gasteiger partial charge in [0.1, 0.15) is 0 Å². The summed E-state index contributed by atoms with van der Waals surface area (Å²) in [6.07, 6.45) is 5.43. The fourth-order valence-electron chi connectivity index (χ4n) is 2.41. The first-order chi connectivity index (χ1) is 8.55. The van der Waals surface area contributed by atoms with Crippen LogP contribution < -0.4 is 5.73 Å². The lowest BCUT2D eigenvalue weighted by Gasteiger charge is -2.30. The van der Waals surface area contributed by atoms with Crippen molar-refractivity contribution < 1.29 is 8.42 Å². The minimum atomic E-state index is -3.34. The molecular formula is C12H20N2O2S2. The fourth-order valence-corrected chi connectivity index (χ4v) is 4.97. The van der Waals surface area contributed by atoms with Crippen LogP contribution in [0.15, 0.2) is 16.3 Å². The van der Waals surface area contributed by atoms with Crippen LogP contribution >= 0.6 is 11.3 Å². The fraction of sp³-hybridized carbons (Fsp3) is 0.667. The second kappa shape index (κ2) is 5.69. The van der Waals surface area contributed by atoms with Crippen molar-refractivity contribution in [1.29, 1.82) is 0 Å². The van der Waals surface area contributed by atoms with Gasteiger partial charge in [-0.2, -0.15) is 4.31 Å². The van der Waals surface area contributed by atoms with Crippen LogP contribution in [0, 0.1) is 0 Å². The quantitative estimate of drug-likeness (QED) is 0.923. The van der Waals surface area contributed by atoms with Crippen LogP contribution in [0.2, 0.25) is 0 Å². The van der Waals surface area contributed by atoms with Crippen LogP contribution in [0.25, 0.3) is 0 Å². The van der Waals surface area contributed by atoms with Gasteiger partial charge in [0.05, 0.1) is 4.90 Å². The van der Waals surface area contributed by atoms with Crippen molar-refractivity contribution >= 4 is 21.4 Å². The molecule has 4 nitrogen and oxygen atoms in total. The molecule has 2 rings (SSSR count). The molecule has 1 saturated carbocycles. The molecule has 0 atom stereocenters. The number of rotatable bonds is 4. The van der Waals surface area contributed by atoms with E-state index in [1.54, 1.807) is 22.8 Å². The number of nitrogens with zero attached hydrogens (tertiary/aromatic N) is 1. The summed E-state index contributed by atoms with van der Waals surface area (Å²) in [5, 5.41) is 1.69. The molecule has 1 heterocycles. The highest BCUT2D eigenvalue weighted by molar-refractivity contribution is 7.89. The number of thiophene rings is 1. The molecule has 0 bridgehead atoms. The predicted molar refractivity (Wildman–Crippen MR) is 74.0 cm³/mol. The molecule has 0 radical (unpaired) electrons. The summed E-state index contributed by atoms with van der Waals surface area (Å²) in [5.41, 5.74) is 5.53. The van der Waals surface area contributed by atoms with E-state index in [2.05, 4.69) is 0 Å². The summed E-state index contributed by atoms with van der Waals surface area (Å²) >= 11 is 1.41. The van der Waals surface area contributed by atoms with Crippen LogP contribution in [-0.4, -0.2) is 25.8 Å². The molecule has 18 heavy (non-hydrogen) atoms. The number of nitrogens with two attached hydrogens (primary N) is 1. The number of hydrogen-bond acceptors (Lipinski definition) is 4. The lowest BCUT2D eigenvalue weighted by atomic mass is 9.96. The SMILES string of the molecule is CN(C1CCCCC1)S(=O)(=O)c1csc(CN)c1. The standard InChI is InChI=1S/C12H20N2O2S2/c1-14(10-5-3-2-4-6-10)18(15,16)12-7-11(8-13)17-9-12/h7,9-10H,2-6,8,13H2,1H3. The highest BCUT2D eigenvalue weighted by Gasteiger charge is 2.29. The molecule has 0 saturated heterocycles. The number of sulfonamides is 1. The second-order valence-corrected chi connectivity index (χ2v) is 7.76. The first-order valence-electron chi connectivity index (χ1n) is 6.31. The molecule has 1 aliphatic rings. The van der Waals surface area contributed by atoms with Gasteiger partial charge in [-0.15, -0.1) is 11.3 Å². The summed E-state index contributed by atoms with van der Waals surface area (Å²) < 4.78 is 26.5. The Labute approximate surface area is 113 Å². The third kappa shape index (κ3) is 2.77. The van der Waals surface area contributed by atoms with Crippen LogP contribution in [0.5, 0.6) is 0 Å². The summed E-state index contributed by atoms with van der Waals surface area (Å²) in [5.74, 6) is 0. The van der Waals surface area contributed by atoms with Crippen LogP contribution in [0.3, 0.4) is 0 Å². The van der Waals surface area contributed by atoms with Gasteiger partial charge in [-0.25, -0.2) is 8.42 Å². The van der Waals surface area contributed by atoms with Gasteiger partial charge in [-0.1, -0.05) is 19.3 Å². The Bertz CT molecular complexity index is 490. The Hall–Kier alpha value is -0.430. The maximum absolute atomic E-state index is 12.5. The van der Waals surface area contributed by atoms with Crippen molar-refractivity contribution in [2.75, 3.05) is 7.05 Å². The first-order valence-corrected chi connectivity index (χ1v) is 8.63. The van der Waals surface area contributed by atoms with Crippen LogP contribution in [0.1, 0.15) is 37.0 Å². The summed E-state index contributed by atoms with van der Waals surface area (Å²) in [4.78, 5) is 1.30. The highest BCUT2D eigenvalue weighted by Crippen LogP contribution is 2.28. The predicted octanol–water partition coefficient (Wildman–Crippen LogP) is 2.16. The summed E-state index contributed by atoms with van der Waals surface area (Å²) in [7, 11) is -1.64. The molecule has 1 fully saturated rings. The van der Waals surface area contributed by atoms with Crippen molar-refractivity contribution in [3.63, 3.8) is 0 Å². The van der Waals surface area contributed by atoms with E-state index in [1.165, 1.54) is 17.8 Å². The van der Waals surface area contributed by atoms with Gasteiger partial charge in [0.25, 0.3) is 0 Å². The molecule has 1 aliphatic carbocycles. The van der Waals surface area contributed by atoms with Gasteiger partial charge in [0, 0.05) is 29.9 Å². The zero-order chi connectivity index (χ0) is 13.2. The molecule has 0 aromatic carbocycles. The van der Waals surface area contributed by atoms with Crippen molar-refractivity contribution in [2.45, 2.75) is 49.6 Å². The average molecular weight is 288 g/mol. The van der Waals surface area contributed by atoms with Gasteiger partial charge in [0.2, 0.25) is 10.0 Å². The minimum Gasteiger partial charge on any atom is -0.326 e. The molecule has 0 amide bonds. The second-order valence-electron chi connectivity index (χ2n) is 4.77. The van der Waals surface area contributed by atoms with E-state index in [-0.39, 0.29) is 6.04 Å². The normalized spacial score (nSPS) is 18.4. The van der Waals surface area contributed by atoms with E-state index < -0.39 is 10.0 Å². The Balaban J connectivity index is 2.18. The van der Waals surface area contributed by atoms with Crippen LogP contribution in [0.4, 0.5) is 0 Å². The molecule has 1 aromatic rings. The molecule has 102 valence electrons. The Kier molecular flexibility index (Phi) is 4.42. The summed E-state index contributed by atoms with van der Waals surface area (Å²) in [6, 6.07) is 1.85. The minimum absolute atomic E-state index is 0.157. The number of hydrogen-bond donors (Lipinski definition) is 1. The van der Waals surface area contributed by atoms with E-state index in [0.717, 1.165) is 30.6 Å². The molecule has 6 heteroatoms. The van der Waals surface area contributed by atoms with E-state index in [4.69, 9.17) is 5.73 Å². The first kappa shape index (κ1) is 14.0. The van der Waals surface area contributed by atoms with Crippen molar-refractivity contribution in [3.05, 3.63) is 16.3 Å². The Morgan fingerprint density at radius 1 is 1.39 bits per heavy atom. The molecule has 0 unspecified atom stereocenters. The maximum atomic E-state index is 12.5. The highest BCUT2D eigenvalue weighted by atomic mass is 32.2. The van der Waals surface area contributed by atoms with Crippen molar-refractivity contribution in [3.8, 4) is 0 Å². The van der Waals surface area contributed by atoms with Gasteiger partial charge in [-0.3, -0.25) is 0 Å². The largest absolute Gasteiger partial charge is 0.326 e. The monoisotopic (exact) mass is 288 g/mol. The zero-order valence-corrected chi connectivity index (χ0v) is 12.3. The Morgan fingerprint density at radius 3 is 2.61 bits per heavy atom. The smallest absolute Gasteiger partial charge is 0.243 e. The van der Waals surface area contributed by atoms with E-state index in [9.17, 15) is 8.42 Å². The third-order valence-corrected chi connectivity index (χ3v) is 6.59. The molecular weight excluding hydrogens is 268 g/mol. The average Bonchev–Trinajstić information content (AvgIpc) is 2.88. The zero-order valence-electron chi connectivity index (χ0n) is 10.6. The maximum Gasteiger partial charge on any atom is 0.243 e. The van der Waals surface area contributed by atoms with Gasteiger partial charge >= 0.3 is 0 Å². The van der Waals surface area contributed by atoms with Crippen molar-refractivity contribution in [1.82, 2.24) is 4.31 Å². The van der Waals surface area contributed by atoms with Gasteiger partial charge in [-0.05, 0) is 18.9 Å².